The summed E-state index contributed by atoms with van der Waals surface area (Å²) < 4.78 is 19.2. The molecule has 134 valence electrons. The molecular weight excluding hydrogens is 351 g/mol. The number of fused-ring (bicyclic) bond motifs is 1. The fourth-order valence-corrected chi connectivity index (χ4v) is 2.80. The molecule has 0 aliphatic rings. The first-order chi connectivity index (χ1) is 13.1. The zero-order valence-corrected chi connectivity index (χ0v) is 13.8. The van der Waals surface area contributed by atoms with Crippen molar-refractivity contribution >= 4 is 17.0 Å². The Balaban J connectivity index is 1.69. The Kier molecular flexibility index (Phi) is 4.06. The number of halogens is 1. The minimum Gasteiger partial charge on any atom is -0.504 e. The molecule has 0 aliphatic carbocycles. The van der Waals surface area contributed by atoms with E-state index in [9.17, 15) is 14.3 Å². The van der Waals surface area contributed by atoms with Crippen LogP contribution in [0, 0.1) is 5.82 Å². The normalized spacial score (nSPS) is 10.9. The van der Waals surface area contributed by atoms with Crippen LogP contribution in [0.15, 0.2) is 65.1 Å². The van der Waals surface area contributed by atoms with Gasteiger partial charge in [-0.3, -0.25) is 10.0 Å². The molecule has 7 heteroatoms. The lowest BCUT2D eigenvalue weighted by Gasteiger charge is -2.06. The van der Waals surface area contributed by atoms with Crippen LogP contribution in [-0.2, 0) is 0 Å². The minimum absolute atomic E-state index is 0.252. The van der Waals surface area contributed by atoms with E-state index >= 15 is 0 Å². The largest absolute Gasteiger partial charge is 0.504 e. The quantitative estimate of drug-likeness (QED) is 0.375. The van der Waals surface area contributed by atoms with Crippen molar-refractivity contribution in [2.45, 2.75) is 0 Å². The second-order valence-electron chi connectivity index (χ2n) is 5.86. The molecule has 0 bridgehead atoms. The number of hydrogen-bond donors (Lipinski definition) is 3. The highest BCUT2D eigenvalue weighted by atomic mass is 19.1. The van der Waals surface area contributed by atoms with E-state index in [2.05, 4.69) is 4.98 Å². The Hall–Kier alpha value is -3.71. The number of hydroxylamine groups is 1. The van der Waals surface area contributed by atoms with Gasteiger partial charge in [-0.05, 0) is 42.0 Å². The maximum atomic E-state index is 13.5. The molecule has 1 aromatic heterocycles. The number of aromatic nitrogens is 1. The maximum absolute atomic E-state index is 13.5. The molecule has 0 aliphatic heterocycles. The van der Waals surface area contributed by atoms with Crippen LogP contribution in [0.1, 0.15) is 10.4 Å². The highest BCUT2D eigenvalue weighted by Crippen LogP contribution is 2.33. The van der Waals surface area contributed by atoms with E-state index in [-0.39, 0.29) is 5.56 Å². The molecule has 3 aromatic carbocycles. The van der Waals surface area contributed by atoms with Gasteiger partial charge >= 0.3 is 0 Å². The van der Waals surface area contributed by atoms with Gasteiger partial charge in [-0.25, -0.2) is 14.9 Å². The monoisotopic (exact) mass is 364 g/mol. The summed E-state index contributed by atoms with van der Waals surface area (Å²) in [7, 11) is 0. The van der Waals surface area contributed by atoms with E-state index in [1.165, 1.54) is 24.3 Å². The second-order valence-corrected chi connectivity index (χ2v) is 5.86. The number of aromatic hydroxyl groups is 1. The summed E-state index contributed by atoms with van der Waals surface area (Å²) in [5.41, 5.74) is 4.50. The molecule has 0 unspecified atom stereocenters. The number of carbonyl (C=O) groups is 1. The minimum atomic E-state index is -0.682. The van der Waals surface area contributed by atoms with E-state index in [4.69, 9.17) is 9.62 Å². The molecule has 1 amide bonds. The van der Waals surface area contributed by atoms with Crippen LogP contribution in [-0.4, -0.2) is 21.2 Å². The number of amides is 1. The number of carbonyl (C=O) groups excluding carboxylic acids is 1. The Labute approximate surface area is 152 Å². The summed E-state index contributed by atoms with van der Waals surface area (Å²) in [5, 5.41) is 18.6. The lowest BCUT2D eigenvalue weighted by Crippen LogP contribution is -2.18. The highest BCUT2D eigenvalue weighted by Gasteiger charge is 2.13. The first-order valence-corrected chi connectivity index (χ1v) is 8.00. The second kappa shape index (κ2) is 6.54. The van der Waals surface area contributed by atoms with E-state index in [0.717, 1.165) is 0 Å². The van der Waals surface area contributed by atoms with Crippen LogP contribution < -0.4 is 5.48 Å². The third kappa shape index (κ3) is 3.00. The zero-order chi connectivity index (χ0) is 19.0. The lowest BCUT2D eigenvalue weighted by molar-refractivity contribution is 0.0706. The van der Waals surface area contributed by atoms with Gasteiger partial charge < -0.3 is 9.52 Å². The number of benzene rings is 3. The Morgan fingerprint density at radius 2 is 1.78 bits per heavy atom. The van der Waals surface area contributed by atoms with Crippen LogP contribution >= 0.6 is 0 Å². The summed E-state index contributed by atoms with van der Waals surface area (Å²) in [6.45, 7) is 0. The maximum Gasteiger partial charge on any atom is 0.274 e. The molecule has 1 heterocycles. The molecule has 27 heavy (non-hydrogen) atoms. The van der Waals surface area contributed by atoms with Gasteiger partial charge in [-0.2, -0.15) is 0 Å². The van der Waals surface area contributed by atoms with E-state index in [0.29, 0.717) is 33.7 Å². The topological polar surface area (TPSA) is 95.6 Å². The predicted molar refractivity (Wildman–Crippen MR) is 95.8 cm³/mol. The summed E-state index contributed by atoms with van der Waals surface area (Å²) in [6.07, 6.45) is 0. The molecule has 3 N–H and O–H groups in total. The van der Waals surface area contributed by atoms with Crippen molar-refractivity contribution in [3.8, 4) is 28.3 Å². The van der Waals surface area contributed by atoms with Crippen LogP contribution in [0.3, 0.4) is 0 Å². The van der Waals surface area contributed by atoms with E-state index in [1.807, 2.05) is 0 Å². The average molecular weight is 364 g/mol. The third-order valence-corrected chi connectivity index (χ3v) is 4.18. The summed E-state index contributed by atoms with van der Waals surface area (Å²) in [4.78, 5) is 15.8. The number of oxazole rings is 1. The van der Waals surface area contributed by atoms with E-state index < -0.39 is 17.5 Å². The van der Waals surface area contributed by atoms with Gasteiger partial charge in [0.05, 0.1) is 0 Å². The molecule has 0 saturated heterocycles. The number of para-hydroxylation sites is 1. The van der Waals surface area contributed by atoms with Gasteiger partial charge in [0.1, 0.15) is 5.52 Å². The molecule has 0 fully saturated rings. The Bertz CT molecular complexity index is 1150. The van der Waals surface area contributed by atoms with Gasteiger partial charge in [-0.1, -0.05) is 24.3 Å². The molecule has 0 radical (unpaired) electrons. The fraction of sp³-hybridized carbons (Fsp3) is 0. The van der Waals surface area contributed by atoms with Gasteiger partial charge in [0, 0.05) is 16.7 Å². The number of phenols is 1. The predicted octanol–water partition coefficient (Wildman–Crippen LogP) is 4.13. The third-order valence-electron chi connectivity index (χ3n) is 4.18. The number of nitrogens with zero attached hydrogens (tertiary/aromatic N) is 1. The molecule has 4 aromatic rings. The fourth-order valence-electron chi connectivity index (χ4n) is 2.80. The number of nitrogens with one attached hydrogen (secondary N) is 1. The smallest absolute Gasteiger partial charge is 0.274 e. The van der Waals surface area contributed by atoms with Crippen molar-refractivity contribution in [1.29, 1.82) is 0 Å². The summed E-state index contributed by atoms with van der Waals surface area (Å²) >= 11 is 0. The molecule has 6 nitrogen and oxygen atoms in total. The molecular formula is C20H13FN2O4. The van der Waals surface area contributed by atoms with Gasteiger partial charge in [0.25, 0.3) is 5.91 Å². The van der Waals surface area contributed by atoms with Crippen molar-refractivity contribution < 1.29 is 23.9 Å². The number of hydrogen-bond acceptors (Lipinski definition) is 5. The van der Waals surface area contributed by atoms with Crippen LogP contribution in [0.5, 0.6) is 5.75 Å². The molecule has 0 atom stereocenters. The van der Waals surface area contributed by atoms with Gasteiger partial charge in [-0.15, -0.1) is 0 Å². The molecule has 0 saturated carbocycles. The van der Waals surface area contributed by atoms with Crippen molar-refractivity contribution in [3.63, 3.8) is 0 Å². The van der Waals surface area contributed by atoms with Gasteiger partial charge in [0.2, 0.25) is 5.89 Å². The summed E-state index contributed by atoms with van der Waals surface area (Å²) in [6, 6.07) is 15.9. The van der Waals surface area contributed by atoms with Crippen LogP contribution in [0.25, 0.3) is 33.7 Å². The zero-order valence-electron chi connectivity index (χ0n) is 13.8. The van der Waals surface area contributed by atoms with Crippen LogP contribution in [0.4, 0.5) is 4.39 Å². The van der Waals surface area contributed by atoms with Crippen molar-refractivity contribution in [2.24, 2.45) is 0 Å². The van der Waals surface area contributed by atoms with Crippen molar-refractivity contribution in [1.82, 2.24) is 10.5 Å². The number of rotatable bonds is 3. The first kappa shape index (κ1) is 16.7. The molecule has 4 rings (SSSR count). The van der Waals surface area contributed by atoms with Gasteiger partial charge in [0.15, 0.2) is 17.1 Å². The Morgan fingerprint density at radius 3 is 2.52 bits per heavy atom. The number of phenolic OH excluding ortho intramolecular Hbond substituents is 1. The SMILES string of the molecule is O=C(NO)c1ccc2oc(-c3ccc(-c4cccc(F)c4O)cc3)nc2c1. The highest BCUT2D eigenvalue weighted by molar-refractivity contribution is 5.96. The van der Waals surface area contributed by atoms with E-state index in [1.54, 1.807) is 41.9 Å². The van der Waals surface area contributed by atoms with Crippen molar-refractivity contribution in [3.05, 3.63) is 72.0 Å². The lowest BCUT2D eigenvalue weighted by atomic mass is 10.0. The summed E-state index contributed by atoms with van der Waals surface area (Å²) in [5.74, 6) is -1.37. The standard InChI is InChI=1S/C20H13FN2O4/c21-15-3-1-2-14(18(15)24)11-4-6-12(7-5-11)20-22-16-10-13(19(25)23-26)8-9-17(16)27-20/h1-10,24,26H,(H,23,25). The average Bonchev–Trinajstić information content (AvgIpc) is 3.13. The molecule has 0 spiro atoms. The Morgan fingerprint density at radius 1 is 1.04 bits per heavy atom. The van der Waals surface area contributed by atoms with Crippen LogP contribution in [0.2, 0.25) is 0 Å². The van der Waals surface area contributed by atoms with Crippen molar-refractivity contribution in [2.75, 3.05) is 0 Å². The first-order valence-electron chi connectivity index (χ1n) is 8.00.